The van der Waals surface area contributed by atoms with E-state index in [0.717, 1.165) is 5.69 Å². The molecule has 8 nitrogen and oxygen atoms in total. The zero-order valence-corrected chi connectivity index (χ0v) is 13.0. The van der Waals surface area contributed by atoms with Crippen LogP contribution in [0.2, 0.25) is 0 Å². The molecule has 2 N–H and O–H groups in total. The SMILES string of the molecule is CN=C(NCCN1C(=O)CCCC1=O)NCc1ccnn1C. The van der Waals surface area contributed by atoms with Crippen LogP contribution in [0.4, 0.5) is 0 Å². The summed E-state index contributed by atoms with van der Waals surface area (Å²) in [5.74, 6) is 0.449. The van der Waals surface area contributed by atoms with E-state index >= 15 is 0 Å². The van der Waals surface area contributed by atoms with E-state index in [4.69, 9.17) is 0 Å². The molecule has 1 saturated heterocycles. The zero-order chi connectivity index (χ0) is 15.9. The van der Waals surface area contributed by atoms with E-state index in [1.54, 1.807) is 17.9 Å². The number of carbonyl (C=O) groups is 2. The van der Waals surface area contributed by atoms with Crippen LogP contribution in [0.3, 0.4) is 0 Å². The molecule has 22 heavy (non-hydrogen) atoms. The van der Waals surface area contributed by atoms with Gasteiger partial charge in [-0.1, -0.05) is 0 Å². The van der Waals surface area contributed by atoms with Crippen molar-refractivity contribution < 1.29 is 9.59 Å². The van der Waals surface area contributed by atoms with Gasteiger partial charge in [0.15, 0.2) is 5.96 Å². The molecule has 0 aromatic carbocycles. The third-order valence-corrected chi connectivity index (χ3v) is 3.59. The van der Waals surface area contributed by atoms with E-state index < -0.39 is 0 Å². The maximum absolute atomic E-state index is 11.7. The number of piperidine rings is 1. The predicted molar refractivity (Wildman–Crippen MR) is 82.0 cm³/mol. The van der Waals surface area contributed by atoms with Crippen molar-refractivity contribution in [1.82, 2.24) is 25.3 Å². The lowest BCUT2D eigenvalue weighted by molar-refractivity contribution is -0.147. The van der Waals surface area contributed by atoms with Crippen LogP contribution in [0.15, 0.2) is 17.3 Å². The van der Waals surface area contributed by atoms with Crippen molar-refractivity contribution in [3.8, 4) is 0 Å². The van der Waals surface area contributed by atoms with Crippen molar-refractivity contribution in [3.63, 3.8) is 0 Å². The number of likely N-dealkylation sites (tertiary alicyclic amines) is 1. The van der Waals surface area contributed by atoms with E-state index in [9.17, 15) is 9.59 Å². The van der Waals surface area contributed by atoms with Crippen molar-refractivity contribution >= 4 is 17.8 Å². The smallest absolute Gasteiger partial charge is 0.229 e. The van der Waals surface area contributed by atoms with Crippen LogP contribution in [-0.4, -0.2) is 52.6 Å². The van der Waals surface area contributed by atoms with E-state index in [2.05, 4.69) is 20.7 Å². The third-order valence-electron chi connectivity index (χ3n) is 3.59. The average Bonchev–Trinajstić information content (AvgIpc) is 2.90. The Labute approximate surface area is 129 Å². The minimum Gasteiger partial charge on any atom is -0.355 e. The Morgan fingerprint density at radius 2 is 2.05 bits per heavy atom. The maximum Gasteiger partial charge on any atom is 0.229 e. The molecule has 2 amide bonds. The van der Waals surface area contributed by atoms with Crippen LogP contribution in [0, 0.1) is 0 Å². The van der Waals surface area contributed by atoms with Crippen molar-refractivity contribution in [2.24, 2.45) is 12.0 Å². The molecule has 0 radical (unpaired) electrons. The molecule has 2 heterocycles. The van der Waals surface area contributed by atoms with Gasteiger partial charge in [-0.15, -0.1) is 0 Å². The van der Waals surface area contributed by atoms with Gasteiger partial charge in [0.05, 0.1) is 12.2 Å². The monoisotopic (exact) mass is 306 g/mol. The Kier molecular flexibility index (Phi) is 5.51. The van der Waals surface area contributed by atoms with Gasteiger partial charge in [0, 0.05) is 46.2 Å². The van der Waals surface area contributed by atoms with Crippen LogP contribution in [0.25, 0.3) is 0 Å². The number of hydrogen-bond acceptors (Lipinski definition) is 4. The summed E-state index contributed by atoms with van der Waals surface area (Å²) >= 11 is 0. The summed E-state index contributed by atoms with van der Waals surface area (Å²) in [5, 5.41) is 10.4. The summed E-state index contributed by atoms with van der Waals surface area (Å²) in [6, 6.07) is 1.92. The number of amides is 2. The number of aliphatic imine (C=N–C) groups is 1. The second-order valence-corrected chi connectivity index (χ2v) is 5.09. The van der Waals surface area contributed by atoms with Crippen molar-refractivity contribution in [1.29, 1.82) is 0 Å². The van der Waals surface area contributed by atoms with E-state index in [1.807, 2.05) is 13.1 Å². The summed E-state index contributed by atoms with van der Waals surface area (Å²) in [4.78, 5) is 28.8. The van der Waals surface area contributed by atoms with Gasteiger partial charge in [-0.05, 0) is 12.5 Å². The molecular weight excluding hydrogens is 284 g/mol. The van der Waals surface area contributed by atoms with Crippen LogP contribution in [0.5, 0.6) is 0 Å². The lowest BCUT2D eigenvalue weighted by Gasteiger charge is -2.25. The van der Waals surface area contributed by atoms with Gasteiger partial charge in [-0.2, -0.15) is 5.10 Å². The highest BCUT2D eigenvalue weighted by Crippen LogP contribution is 2.11. The largest absolute Gasteiger partial charge is 0.355 e. The lowest BCUT2D eigenvalue weighted by atomic mass is 10.1. The molecular formula is C14H22N6O2. The van der Waals surface area contributed by atoms with Crippen LogP contribution >= 0.6 is 0 Å². The Bertz CT molecular complexity index is 549. The first-order chi connectivity index (χ1) is 10.6. The van der Waals surface area contributed by atoms with E-state index in [0.29, 0.717) is 44.9 Å². The van der Waals surface area contributed by atoms with Gasteiger partial charge in [-0.25, -0.2) is 0 Å². The number of imide groups is 1. The minimum atomic E-state index is -0.0871. The molecule has 0 spiro atoms. The van der Waals surface area contributed by atoms with E-state index in [1.165, 1.54) is 4.90 Å². The quantitative estimate of drug-likeness (QED) is 0.440. The Hall–Kier alpha value is -2.38. The molecule has 0 aliphatic carbocycles. The third kappa shape index (κ3) is 4.06. The molecule has 1 aliphatic rings. The van der Waals surface area contributed by atoms with Gasteiger partial charge >= 0.3 is 0 Å². The fraction of sp³-hybridized carbons (Fsp3) is 0.571. The molecule has 1 aromatic heterocycles. The molecule has 0 saturated carbocycles. The molecule has 1 aliphatic heterocycles. The fourth-order valence-electron chi connectivity index (χ4n) is 2.30. The average molecular weight is 306 g/mol. The minimum absolute atomic E-state index is 0.0871. The highest BCUT2D eigenvalue weighted by atomic mass is 16.2. The summed E-state index contributed by atoms with van der Waals surface area (Å²) in [7, 11) is 3.55. The van der Waals surface area contributed by atoms with Crippen molar-refractivity contribution in [2.45, 2.75) is 25.8 Å². The van der Waals surface area contributed by atoms with Gasteiger partial charge in [0.2, 0.25) is 11.8 Å². The normalized spacial score (nSPS) is 16.1. The van der Waals surface area contributed by atoms with Crippen LogP contribution in [-0.2, 0) is 23.2 Å². The van der Waals surface area contributed by atoms with Gasteiger partial charge < -0.3 is 10.6 Å². The summed E-state index contributed by atoms with van der Waals surface area (Å²) in [5.41, 5.74) is 1.03. The number of carbonyl (C=O) groups excluding carboxylic acids is 2. The number of aromatic nitrogens is 2. The molecule has 8 heteroatoms. The van der Waals surface area contributed by atoms with Crippen LogP contribution < -0.4 is 10.6 Å². The number of hydrogen-bond donors (Lipinski definition) is 2. The second-order valence-electron chi connectivity index (χ2n) is 5.09. The lowest BCUT2D eigenvalue weighted by Crippen LogP contribution is -2.46. The number of guanidine groups is 1. The first-order valence-electron chi connectivity index (χ1n) is 7.36. The summed E-state index contributed by atoms with van der Waals surface area (Å²) in [6.07, 6.45) is 3.31. The Morgan fingerprint density at radius 1 is 1.32 bits per heavy atom. The van der Waals surface area contributed by atoms with Gasteiger partial charge in [0.25, 0.3) is 0 Å². The zero-order valence-electron chi connectivity index (χ0n) is 13.0. The Morgan fingerprint density at radius 3 is 2.64 bits per heavy atom. The summed E-state index contributed by atoms with van der Waals surface area (Å²) in [6.45, 7) is 1.43. The number of nitrogens with zero attached hydrogens (tertiary/aromatic N) is 4. The van der Waals surface area contributed by atoms with Crippen LogP contribution in [0.1, 0.15) is 25.0 Å². The highest BCUT2D eigenvalue weighted by Gasteiger charge is 2.25. The predicted octanol–water partition coefficient (Wildman–Crippen LogP) is -0.376. The highest BCUT2D eigenvalue weighted by molar-refractivity contribution is 5.97. The number of rotatable bonds is 5. The van der Waals surface area contributed by atoms with E-state index in [-0.39, 0.29) is 11.8 Å². The first-order valence-corrected chi connectivity index (χ1v) is 7.36. The van der Waals surface area contributed by atoms with Gasteiger partial charge in [0.1, 0.15) is 0 Å². The topological polar surface area (TPSA) is 91.6 Å². The van der Waals surface area contributed by atoms with Crippen molar-refractivity contribution in [3.05, 3.63) is 18.0 Å². The molecule has 0 unspecified atom stereocenters. The Balaban J connectivity index is 1.75. The van der Waals surface area contributed by atoms with Crippen molar-refractivity contribution in [2.75, 3.05) is 20.1 Å². The second kappa shape index (κ2) is 7.58. The molecule has 0 bridgehead atoms. The molecule has 1 fully saturated rings. The summed E-state index contributed by atoms with van der Waals surface area (Å²) < 4.78 is 1.78. The molecule has 120 valence electrons. The molecule has 2 rings (SSSR count). The molecule has 1 aromatic rings. The molecule has 0 atom stereocenters. The number of nitrogens with one attached hydrogen (secondary N) is 2. The first kappa shape index (κ1) is 16.0. The fourth-order valence-corrected chi connectivity index (χ4v) is 2.30. The standard InChI is InChI=1S/C14H22N6O2/c1-15-14(17-10-11-6-7-18-19(11)2)16-8-9-20-12(21)4-3-5-13(20)22/h6-7H,3-5,8-10H2,1-2H3,(H2,15,16,17). The maximum atomic E-state index is 11.7. The van der Waals surface area contributed by atoms with Gasteiger partial charge in [-0.3, -0.25) is 24.2 Å². The number of aryl methyl sites for hydroxylation is 1.